The molecule has 3 fully saturated rings. The van der Waals surface area contributed by atoms with Gasteiger partial charge in [0.1, 0.15) is 28.7 Å². The number of thiophene rings is 1. The third kappa shape index (κ3) is 7.37. The van der Waals surface area contributed by atoms with Gasteiger partial charge in [0.15, 0.2) is 0 Å². The Kier molecular flexibility index (Phi) is 9.52. The van der Waals surface area contributed by atoms with Crippen molar-refractivity contribution in [1.29, 1.82) is 5.26 Å². The number of alkyl halides is 3. The van der Waals surface area contributed by atoms with Crippen molar-refractivity contribution in [3.63, 3.8) is 0 Å². The van der Waals surface area contributed by atoms with E-state index in [2.05, 4.69) is 54.4 Å². The third-order valence-electron chi connectivity index (χ3n) is 10.2. The molecule has 5 unspecified atom stereocenters. The SMILES string of the molecule is CC1C(CN2CCC(Nc3ncnc4sc(CC(F)(F)F)cc34)CC2)CCC2C1C=C(C#N)N2CCN1CCNC(C(N)=O)C1. The summed E-state index contributed by atoms with van der Waals surface area (Å²) in [5.74, 6) is 1.66. The van der Waals surface area contributed by atoms with Gasteiger partial charge in [0.05, 0.1) is 17.8 Å². The number of nitrogens with one attached hydrogen (secondary N) is 2. The molecule has 0 radical (unpaired) electrons. The zero-order valence-corrected chi connectivity index (χ0v) is 26.4. The van der Waals surface area contributed by atoms with Crippen LogP contribution in [0.2, 0.25) is 0 Å². The lowest BCUT2D eigenvalue weighted by Gasteiger charge is -2.44. The molecule has 1 aliphatic carbocycles. The number of hydrogen-bond donors (Lipinski definition) is 3. The third-order valence-corrected chi connectivity index (χ3v) is 11.3. The number of hydrogen-bond acceptors (Lipinski definition) is 10. The number of carbonyl (C=O) groups is 1. The fraction of sp³-hybridized carbons (Fsp3) is 0.677. The van der Waals surface area contributed by atoms with E-state index in [-0.39, 0.29) is 22.9 Å². The number of amides is 1. The number of piperazine rings is 1. The lowest BCUT2D eigenvalue weighted by molar-refractivity contribution is -0.126. The summed E-state index contributed by atoms with van der Waals surface area (Å²) in [6.07, 6.45) is 2.49. The quantitative estimate of drug-likeness (QED) is 0.377. The number of allylic oxidation sites excluding steroid dienone is 1. The lowest BCUT2D eigenvalue weighted by Crippen LogP contribution is -2.57. The first kappa shape index (κ1) is 32.0. The summed E-state index contributed by atoms with van der Waals surface area (Å²) < 4.78 is 38.8. The molecule has 5 heterocycles. The predicted molar refractivity (Wildman–Crippen MR) is 167 cm³/mol. The summed E-state index contributed by atoms with van der Waals surface area (Å²) in [5.41, 5.74) is 6.29. The van der Waals surface area contributed by atoms with E-state index in [0.29, 0.717) is 46.4 Å². The van der Waals surface area contributed by atoms with Crippen molar-refractivity contribution in [2.24, 2.45) is 23.5 Å². The summed E-state index contributed by atoms with van der Waals surface area (Å²) in [5, 5.41) is 17.3. The van der Waals surface area contributed by atoms with Gasteiger partial charge < -0.3 is 26.2 Å². The maximum atomic E-state index is 12.9. The van der Waals surface area contributed by atoms with E-state index in [1.165, 1.54) is 6.33 Å². The predicted octanol–water partition coefficient (Wildman–Crippen LogP) is 3.19. The molecule has 4 N–H and O–H groups in total. The number of carbonyl (C=O) groups excluding carboxylic acids is 1. The number of nitriles is 1. The van der Waals surface area contributed by atoms with Crippen molar-refractivity contribution in [3.8, 4) is 6.07 Å². The molecule has 3 aliphatic heterocycles. The number of halogens is 3. The van der Waals surface area contributed by atoms with Crippen molar-refractivity contribution >= 4 is 33.3 Å². The first-order valence-electron chi connectivity index (χ1n) is 16.0. The summed E-state index contributed by atoms with van der Waals surface area (Å²) >= 11 is 1.07. The van der Waals surface area contributed by atoms with E-state index in [1.54, 1.807) is 6.07 Å². The average Bonchev–Trinajstić information content (AvgIpc) is 3.59. The number of nitrogens with zero attached hydrogens (tertiary/aromatic N) is 6. The molecule has 1 amide bonds. The van der Waals surface area contributed by atoms with Crippen LogP contribution in [0.25, 0.3) is 10.2 Å². The van der Waals surface area contributed by atoms with Crippen LogP contribution >= 0.6 is 11.3 Å². The number of nitrogens with two attached hydrogens (primary N) is 1. The van der Waals surface area contributed by atoms with Gasteiger partial charge in [-0.1, -0.05) is 6.92 Å². The van der Waals surface area contributed by atoms with Gasteiger partial charge in [-0.3, -0.25) is 9.69 Å². The minimum absolute atomic E-state index is 0.205. The molecule has 0 spiro atoms. The molecule has 2 saturated heterocycles. The molecule has 1 saturated carbocycles. The van der Waals surface area contributed by atoms with Gasteiger partial charge in [0, 0.05) is 75.2 Å². The fourth-order valence-corrected chi connectivity index (χ4v) is 8.80. The van der Waals surface area contributed by atoms with Gasteiger partial charge in [-0.15, -0.1) is 11.3 Å². The van der Waals surface area contributed by atoms with Crippen molar-refractivity contribution in [3.05, 3.63) is 29.0 Å². The summed E-state index contributed by atoms with van der Waals surface area (Å²) in [6.45, 7) is 9.06. The van der Waals surface area contributed by atoms with E-state index < -0.39 is 12.6 Å². The Morgan fingerprint density at radius 2 is 1.98 bits per heavy atom. The average molecular weight is 646 g/mol. The first-order valence-corrected chi connectivity index (χ1v) is 16.8. The molecule has 10 nitrogen and oxygen atoms in total. The number of anilines is 1. The minimum atomic E-state index is -4.25. The van der Waals surface area contributed by atoms with Crippen LogP contribution in [0, 0.1) is 29.1 Å². The Labute approximate surface area is 265 Å². The summed E-state index contributed by atoms with van der Waals surface area (Å²) in [7, 11) is 0. The second kappa shape index (κ2) is 13.4. The van der Waals surface area contributed by atoms with Crippen LogP contribution in [0.15, 0.2) is 24.2 Å². The number of piperidine rings is 1. The maximum Gasteiger partial charge on any atom is 0.393 e. The highest BCUT2D eigenvalue weighted by molar-refractivity contribution is 7.18. The second-order valence-electron chi connectivity index (χ2n) is 13.1. The van der Waals surface area contributed by atoms with Crippen LogP contribution in [-0.2, 0) is 11.2 Å². The van der Waals surface area contributed by atoms with Gasteiger partial charge in [0.2, 0.25) is 5.91 Å². The second-order valence-corrected chi connectivity index (χ2v) is 14.2. The molecule has 6 rings (SSSR count). The zero-order chi connectivity index (χ0) is 31.7. The van der Waals surface area contributed by atoms with Crippen LogP contribution < -0.4 is 16.4 Å². The molecule has 4 aliphatic rings. The van der Waals surface area contributed by atoms with Gasteiger partial charge in [-0.05, 0) is 49.7 Å². The summed E-state index contributed by atoms with van der Waals surface area (Å²) in [6, 6.07) is 4.25. The fourth-order valence-electron chi connectivity index (χ4n) is 7.78. The molecular formula is C31H42F3N9OS. The molecular weight excluding hydrogens is 603 g/mol. The molecule has 2 aromatic heterocycles. The molecule has 0 bridgehead atoms. The number of primary amides is 1. The standard InChI is InChI=1S/C31H42F3N9OS/c1-19-20(2-3-27-24(19)12-22(15-35)43(27)11-10-42-9-6-37-26(17-42)28(36)44)16-41-7-4-21(5-8-41)40-29-25-13-23(14-31(32,33)34)45-30(25)39-18-38-29/h12-13,18-21,24,26-27,37H,2-11,14,16-17H2,1H3,(H2,36,44)(H,38,39,40). The molecule has 2 aromatic rings. The molecule has 5 atom stereocenters. The summed E-state index contributed by atoms with van der Waals surface area (Å²) in [4.78, 5) is 28.2. The first-order chi connectivity index (χ1) is 21.6. The monoisotopic (exact) mass is 645 g/mol. The Hall–Kier alpha value is -2.99. The van der Waals surface area contributed by atoms with E-state index >= 15 is 0 Å². The highest BCUT2D eigenvalue weighted by Crippen LogP contribution is 2.44. The van der Waals surface area contributed by atoms with Gasteiger partial charge >= 0.3 is 6.18 Å². The van der Waals surface area contributed by atoms with Crippen LogP contribution in [0.1, 0.15) is 37.5 Å². The van der Waals surface area contributed by atoms with Crippen LogP contribution in [0.5, 0.6) is 0 Å². The number of likely N-dealkylation sites (tertiary alicyclic amines) is 1. The Balaban J connectivity index is 0.996. The smallest absolute Gasteiger partial charge is 0.368 e. The van der Waals surface area contributed by atoms with E-state index in [0.717, 1.165) is 88.5 Å². The van der Waals surface area contributed by atoms with Gasteiger partial charge in [-0.25, -0.2) is 9.97 Å². The molecule has 0 aromatic carbocycles. The lowest BCUT2D eigenvalue weighted by atomic mass is 9.70. The topological polar surface area (TPSA) is 126 Å². The van der Waals surface area contributed by atoms with Crippen LogP contribution in [-0.4, -0.2) is 107 Å². The van der Waals surface area contributed by atoms with Gasteiger partial charge in [0.25, 0.3) is 0 Å². The highest BCUT2D eigenvalue weighted by Gasteiger charge is 2.44. The van der Waals surface area contributed by atoms with Crippen molar-refractivity contribution < 1.29 is 18.0 Å². The minimum Gasteiger partial charge on any atom is -0.368 e. The Bertz CT molecular complexity index is 1430. The van der Waals surface area contributed by atoms with Gasteiger partial charge in [-0.2, -0.15) is 18.4 Å². The molecule has 45 heavy (non-hydrogen) atoms. The van der Waals surface area contributed by atoms with E-state index in [4.69, 9.17) is 5.73 Å². The van der Waals surface area contributed by atoms with E-state index in [9.17, 15) is 23.2 Å². The molecule has 14 heteroatoms. The van der Waals surface area contributed by atoms with Crippen molar-refractivity contribution in [1.82, 2.24) is 30.0 Å². The molecule has 244 valence electrons. The maximum absolute atomic E-state index is 12.9. The Morgan fingerprint density at radius 3 is 2.71 bits per heavy atom. The highest BCUT2D eigenvalue weighted by atomic mass is 32.1. The number of fused-ring (bicyclic) bond motifs is 2. The van der Waals surface area contributed by atoms with Crippen molar-refractivity contribution in [2.45, 2.75) is 63.3 Å². The van der Waals surface area contributed by atoms with Crippen LogP contribution in [0.4, 0.5) is 19.0 Å². The number of rotatable bonds is 9. The largest absolute Gasteiger partial charge is 0.393 e. The normalized spacial score (nSPS) is 28.6. The number of aromatic nitrogens is 2. The van der Waals surface area contributed by atoms with E-state index in [1.807, 2.05) is 0 Å². The van der Waals surface area contributed by atoms with Crippen LogP contribution in [0.3, 0.4) is 0 Å². The zero-order valence-electron chi connectivity index (χ0n) is 25.6. The Morgan fingerprint density at radius 1 is 1.18 bits per heavy atom. The van der Waals surface area contributed by atoms with Crippen molar-refractivity contribution in [2.75, 3.05) is 57.7 Å².